The number of benzene rings is 2. The van der Waals surface area contributed by atoms with Crippen LogP contribution in [-0.4, -0.2) is 22.2 Å². The number of nitrogens with zero attached hydrogens (tertiary/aromatic N) is 1. The smallest absolute Gasteiger partial charge is 0.344 e. The third-order valence-electron chi connectivity index (χ3n) is 5.07. The van der Waals surface area contributed by atoms with Crippen LogP contribution in [0.15, 0.2) is 48.5 Å². The van der Waals surface area contributed by atoms with Crippen LogP contribution in [0.25, 0.3) is 11.1 Å². The normalized spacial score (nSPS) is 12.0. The Labute approximate surface area is 191 Å². The maximum Gasteiger partial charge on any atom is 0.344 e. The number of carbonyl (C=O) groups is 1. The Balaban J connectivity index is 2.01. The summed E-state index contributed by atoms with van der Waals surface area (Å²) in [5.74, 6) is -4.15. The highest BCUT2D eigenvalue weighted by Crippen LogP contribution is 2.34. The lowest BCUT2D eigenvalue weighted by molar-refractivity contribution is -0.145. The molecule has 0 aliphatic heterocycles. The molecule has 174 valence electrons. The summed E-state index contributed by atoms with van der Waals surface area (Å²) in [5, 5.41) is 9.15. The number of rotatable bonds is 9. The Morgan fingerprint density at radius 1 is 1.06 bits per heavy atom. The number of pyridine rings is 1. The first-order valence-corrected chi connectivity index (χ1v) is 10.6. The van der Waals surface area contributed by atoms with E-state index in [9.17, 15) is 13.6 Å². The Kier molecular flexibility index (Phi) is 7.60. The van der Waals surface area contributed by atoms with E-state index in [1.165, 1.54) is 0 Å². The summed E-state index contributed by atoms with van der Waals surface area (Å²) in [7, 11) is 0. The third-order valence-corrected chi connectivity index (χ3v) is 5.07. The van der Waals surface area contributed by atoms with Gasteiger partial charge in [0, 0.05) is 12.6 Å². The molecule has 1 aromatic heterocycles. The molecule has 0 bridgehead atoms. The van der Waals surface area contributed by atoms with E-state index < -0.39 is 35.5 Å². The van der Waals surface area contributed by atoms with Gasteiger partial charge in [0.1, 0.15) is 5.75 Å². The van der Waals surface area contributed by atoms with E-state index >= 15 is 0 Å². The Morgan fingerprint density at radius 2 is 1.79 bits per heavy atom. The number of aliphatic carboxylic acids is 1. The molecule has 0 radical (unpaired) electrons. The fourth-order valence-electron chi connectivity index (χ4n) is 3.20. The minimum Gasteiger partial charge on any atom is -0.479 e. The van der Waals surface area contributed by atoms with Gasteiger partial charge in [-0.2, -0.15) is 4.98 Å². The molecule has 8 heteroatoms. The lowest BCUT2D eigenvalue weighted by Gasteiger charge is -2.16. The number of halogens is 2. The number of aromatic nitrogens is 1. The molecule has 0 saturated carbocycles. The highest BCUT2D eigenvalue weighted by Gasteiger charge is 2.22. The standard InChI is InChI=1S/C25H26F2N2O4/c1-4-22(25(30)31)33-24-21(27)12-20(26)23(29-24)32-19-10-17(14(2)3)9-18(11-19)16-7-5-6-15(8-16)13-28/h5-12,14,22H,4,13,28H2,1-3H3,(H,30,31). The summed E-state index contributed by atoms with van der Waals surface area (Å²) in [4.78, 5) is 15.0. The first kappa shape index (κ1) is 24.1. The van der Waals surface area contributed by atoms with E-state index in [2.05, 4.69) is 4.98 Å². The fraction of sp³-hybridized carbons (Fsp3) is 0.280. The van der Waals surface area contributed by atoms with E-state index in [0.717, 1.165) is 22.3 Å². The molecule has 1 unspecified atom stereocenters. The van der Waals surface area contributed by atoms with Crippen molar-refractivity contribution in [3.63, 3.8) is 0 Å². The Hall–Kier alpha value is -3.52. The maximum atomic E-state index is 14.5. The average molecular weight is 456 g/mol. The number of nitrogens with two attached hydrogens (primary N) is 1. The van der Waals surface area contributed by atoms with Crippen molar-refractivity contribution in [2.75, 3.05) is 0 Å². The molecule has 33 heavy (non-hydrogen) atoms. The molecule has 0 saturated heterocycles. The van der Waals surface area contributed by atoms with Gasteiger partial charge < -0.3 is 20.3 Å². The van der Waals surface area contributed by atoms with E-state index in [0.29, 0.717) is 18.4 Å². The van der Waals surface area contributed by atoms with Crippen LogP contribution in [-0.2, 0) is 11.3 Å². The minimum absolute atomic E-state index is 0.0751. The van der Waals surface area contributed by atoms with E-state index in [1.807, 2.05) is 44.2 Å². The van der Waals surface area contributed by atoms with Crippen molar-refractivity contribution < 1.29 is 28.2 Å². The largest absolute Gasteiger partial charge is 0.479 e. The van der Waals surface area contributed by atoms with Crippen LogP contribution in [0.2, 0.25) is 0 Å². The second-order valence-electron chi connectivity index (χ2n) is 7.87. The van der Waals surface area contributed by atoms with E-state index in [-0.39, 0.29) is 12.3 Å². The summed E-state index contributed by atoms with van der Waals surface area (Å²) in [6.45, 7) is 5.98. The van der Waals surface area contributed by atoms with Crippen molar-refractivity contribution in [3.05, 3.63) is 71.3 Å². The van der Waals surface area contributed by atoms with Crippen LogP contribution in [0, 0.1) is 11.6 Å². The summed E-state index contributed by atoms with van der Waals surface area (Å²) >= 11 is 0. The van der Waals surface area contributed by atoms with Gasteiger partial charge in [0.2, 0.25) is 0 Å². The minimum atomic E-state index is -1.32. The quantitative estimate of drug-likeness (QED) is 0.433. The van der Waals surface area contributed by atoms with Crippen LogP contribution >= 0.6 is 0 Å². The molecule has 0 aliphatic carbocycles. The molecule has 6 nitrogen and oxygen atoms in total. The van der Waals surface area contributed by atoms with Crippen molar-refractivity contribution in [1.82, 2.24) is 4.98 Å². The van der Waals surface area contributed by atoms with Crippen molar-refractivity contribution >= 4 is 5.97 Å². The summed E-state index contributed by atoms with van der Waals surface area (Å²) in [5.41, 5.74) is 9.41. The molecule has 0 spiro atoms. The van der Waals surface area contributed by atoms with Gasteiger partial charge in [0.05, 0.1) is 0 Å². The monoisotopic (exact) mass is 456 g/mol. The zero-order valence-corrected chi connectivity index (χ0v) is 18.6. The van der Waals surface area contributed by atoms with Gasteiger partial charge >= 0.3 is 5.97 Å². The molecule has 3 N–H and O–H groups in total. The summed E-state index contributed by atoms with van der Waals surface area (Å²) < 4.78 is 39.4. The zero-order chi connectivity index (χ0) is 24.1. The molecule has 1 heterocycles. The van der Waals surface area contributed by atoms with Gasteiger partial charge in [0.15, 0.2) is 17.7 Å². The number of hydrogen-bond donors (Lipinski definition) is 2. The molecule has 3 rings (SSSR count). The molecule has 0 fully saturated rings. The predicted octanol–water partition coefficient (Wildman–Crippen LogP) is 5.64. The van der Waals surface area contributed by atoms with Crippen LogP contribution in [0.1, 0.15) is 44.2 Å². The second-order valence-corrected chi connectivity index (χ2v) is 7.87. The zero-order valence-electron chi connectivity index (χ0n) is 18.6. The highest BCUT2D eigenvalue weighted by atomic mass is 19.1. The fourth-order valence-corrected chi connectivity index (χ4v) is 3.20. The molecule has 1 atom stereocenters. The van der Waals surface area contributed by atoms with Gasteiger partial charge in [-0.15, -0.1) is 0 Å². The first-order valence-electron chi connectivity index (χ1n) is 10.6. The van der Waals surface area contributed by atoms with Gasteiger partial charge in [-0.3, -0.25) is 0 Å². The van der Waals surface area contributed by atoms with Crippen LogP contribution < -0.4 is 15.2 Å². The van der Waals surface area contributed by atoms with Crippen molar-refractivity contribution in [2.45, 2.75) is 45.8 Å². The molecule has 3 aromatic rings. The molecular formula is C25H26F2N2O4. The maximum absolute atomic E-state index is 14.5. The second kappa shape index (κ2) is 10.4. The van der Waals surface area contributed by atoms with E-state index in [1.54, 1.807) is 19.1 Å². The van der Waals surface area contributed by atoms with Crippen LogP contribution in [0.4, 0.5) is 8.78 Å². The molecule has 0 aliphatic rings. The predicted molar refractivity (Wildman–Crippen MR) is 120 cm³/mol. The topological polar surface area (TPSA) is 94.7 Å². The first-order chi connectivity index (χ1) is 15.7. The van der Waals surface area contributed by atoms with Gasteiger partial charge in [-0.05, 0) is 52.8 Å². The Bertz CT molecular complexity index is 1150. The van der Waals surface area contributed by atoms with Crippen LogP contribution in [0.5, 0.6) is 17.5 Å². The van der Waals surface area contributed by atoms with Crippen LogP contribution in [0.3, 0.4) is 0 Å². The summed E-state index contributed by atoms with van der Waals surface area (Å²) in [6.07, 6.45) is -1.25. The average Bonchev–Trinajstić information content (AvgIpc) is 2.79. The number of hydrogen-bond acceptors (Lipinski definition) is 5. The molecule has 2 aromatic carbocycles. The lowest BCUT2D eigenvalue weighted by atomic mass is 9.96. The van der Waals surface area contributed by atoms with Gasteiger partial charge in [-0.1, -0.05) is 45.0 Å². The highest BCUT2D eigenvalue weighted by molar-refractivity contribution is 5.72. The lowest BCUT2D eigenvalue weighted by Crippen LogP contribution is -2.26. The third kappa shape index (κ3) is 5.84. The molecular weight excluding hydrogens is 430 g/mol. The summed E-state index contributed by atoms with van der Waals surface area (Å²) in [6, 6.07) is 13.8. The SMILES string of the molecule is CCC(Oc1nc(Oc2cc(-c3cccc(CN)c3)cc(C(C)C)c2)c(F)cc1F)C(=O)O. The van der Waals surface area contributed by atoms with Crippen molar-refractivity contribution in [2.24, 2.45) is 5.73 Å². The number of carboxylic acid groups (broad SMARTS) is 1. The number of ether oxygens (including phenoxy) is 2. The number of carboxylic acids is 1. The van der Waals surface area contributed by atoms with Gasteiger partial charge in [0.25, 0.3) is 11.8 Å². The van der Waals surface area contributed by atoms with Crippen molar-refractivity contribution in [1.29, 1.82) is 0 Å². The van der Waals surface area contributed by atoms with Crippen molar-refractivity contribution in [3.8, 4) is 28.6 Å². The molecule has 0 amide bonds. The van der Waals surface area contributed by atoms with Gasteiger partial charge in [-0.25, -0.2) is 13.6 Å². The Morgan fingerprint density at radius 3 is 2.42 bits per heavy atom. The van der Waals surface area contributed by atoms with E-state index in [4.69, 9.17) is 20.3 Å².